The summed E-state index contributed by atoms with van der Waals surface area (Å²) < 4.78 is 5.95. The molecular weight excluding hydrogens is 288 g/mol. The Hall–Kier alpha value is -1.10. The highest BCUT2D eigenvalue weighted by Crippen LogP contribution is 2.19. The number of anilines is 1. The van der Waals surface area contributed by atoms with Crippen LogP contribution in [-0.2, 0) is 9.53 Å². The van der Waals surface area contributed by atoms with Crippen molar-refractivity contribution in [2.45, 2.75) is 38.9 Å². The number of amides is 1. The first-order valence-electron chi connectivity index (χ1n) is 7.27. The smallest absolute Gasteiger partial charge is 0.238 e. The number of nitrogens with zero attached hydrogens (tertiary/aromatic N) is 1. The van der Waals surface area contributed by atoms with Crippen LogP contribution in [0.5, 0.6) is 0 Å². The third-order valence-corrected chi connectivity index (χ3v) is 3.50. The van der Waals surface area contributed by atoms with E-state index in [1.807, 2.05) is 0 Å². The molecule has 21 heavy (non-hydrogen) atoms. The molecule has 0 radical (unpaired) electrons. The topological polar surface area (TPSA) is 41.6 Å². The minimum absolute atomic E-state index is 0.00580. The monoisotopic (exact) mass is 310 g/mol. The molecule has 0 unspecified atom stereocenters. The third-order valence-electron chi connectivity index (χ3n) is 3.24. The van der Waals surface area contributed by atoms with Crippen LogP contribution in [-0.4, -0.2) is 42.1 Å². The summed E-state index contributed by atoms with van der Waals surface area (Å²) in [6.45, 7) is 8.28. The van der Waals surface area contributed by atoms with Crippen LogP contribution < -0.4 is 5.32 Å². The molecule has 0 aliphatic carbocycles. The lowest BCUT2D eigenvalue weighted by atomic mass is 10.2. The molecule has 1 saturated heterocycles. The second-order valence-electron chi connectivity index (χ2n) is 6.43. The zero-order valence-corrected chi connectivity index (χ0v) is 13.6. The number of hydrogen-bond donors (Lipinski definition) is 1. The van der Waals surface area contributed by atoms with E-state index in [9.17, 15) is 4.79 Å². The molecule has 1 N–H and O–H groups in total. The molecule has 0 spiro atoms. The molecule has 1 aliphatic rings. The first-order valence-corrected chi connectivity index (χ1v) is 7.65. The third kappa shape index (κ3) is 5.65. The van der Waals surface area contributed by atoms with Crippen molar-refractivity contribution >= 4 is 23.2 Å². The van der Waals surface area contributed by atoms with Gasteiger partial charge in [-0.25, -0.2) is 0 Å². The van der Waals surface area contributed by atoms with E-state index in [4.69, 9.17) is 16.3 Å². The quantitative estimate of drug-likeness (QED) is 0.928. The molecular formula is C16H23ClN2O2. The number of likely N-dealkylation sites (tertiary alicyclic amines) is 1. The van der Waals surface area contributed by atoms with E-state index in [0.29, 0.717) is 11.6 Å². The molecule has 116 valence electrons. The van der Waals surface area contributed by atoms with E-state index in [1.165, 1.54) is 0 Å². The molecule has 0 saturated carbocycles. The van der Waals surface area contributed by atoms with Gasteiger partial charge in [0.2, 0.25) is 5.91 Å². The number of halogens is 1. The molecule has 0 bridgehead atoms. The molecule has 4 nitrogen and oxygen atoms in total. The number of rotatable bonds is 4. The summed E-state index contributed by atoms with van der Waals surface area (Å²) in [7, 11) is 0. The van der Waals surface area contributed by atoms with Gasteiger partial charge in [0.15, 0.2) is 0 Å². The van der Waals surface area contributed by atoms with Crippen LogP contribution in [0.4, 0.5) is 5.69 Å². The zero-order valence-electron chi connectivity index (χ0n) is 12.9. The van der Waals surface area contributed by atoms with E-state index in [-0.39, 0.29) is 17.6 Å². The number of carbonyl (C=O) groups is 1. The highest BCUT2D eigenvalue weighted by Gasteiger charge is 2.27. The maximum absolute atomic E-state index is 12.0. The molecule has 2 rings (SSSR count). The van der Waals surface area contributed by atoms with Crippen molar-refractivity contribution in [3.05, 3.63) is 29.3 Å². The van der Waals surface area contributed by atoms with Crippen LogP contribution in [0.15, 0.2) is 24.3 Å². The lowest BCUT2D eigenvalue weighted by Crippen LogP contribution is -2.34. The molecule has 1 aliphatic heterocycles. The van der Waals surface area contributed by atoms with Crippen molar-refractivity contribution in [2.75, 3.05) is 25.0 Å². The average Bonchev–Trinajstić information content (AvgIpc) is 2.77. The second-order valence-corrected chi connectivity index (χ2v) is 6.87. The Kier molecular flexibility index (Phi) is 5.25. The largest absolute Gasteiger partial charge is 0.371 e. The lowest BCUT2D eigenvalue weighted by Gasteiger charge is -2.25. The van der Waals surface area contributed by atoms with Crippen molar-refractivity contribution in [3.8, 4) is 0 Å². The van der Waals surface area contributed by atoms with Gasteiger partial charge in [-0.05, 0) is 51.5 Å². The Morgan fingerprint density at radius 2 is 2.05 bits per heavy atom. The predicted molar refractivity (Wildman–Crippen MR) is 85.8 cm³/mol. The predicted octanol–water partition coefficient (Wildman–Crippen LogP) is 3.17. The SMILES string of the molecule is CC(C)(C)O[C@H]1CCN(CC(=O)Nc2ccc(Cl)cc2)C1. The summed E-state index contributed by atoms with van der Waals surface area (Å²) in [5, 5.41) is 3.54. The first-order chi connectivity index (χ1) is 9.82. The van der Waals surface area contributed by atoms with Crippen molar-refractivity contribution in [1.29, 1.82) is 0 Å². The van der Waals surface area contributed by atoms with Gasteiger partial charge in [0.05, 0.1) is 18.2 Å². The Bertz CT molecular complexity index is 482. The van der Waals surface area contributed by atoms with Gasteiger partial charge in [0, 0.05) is 23.8 Å². The summed E-state index contributed by atoms with van der Waals surface area (Å²) in [5.41, 5.74) is 0.637. The summed E-state index contributed by atoms with van der Waals surface area (Å²) >= 11 is 5.82. The summed E-state index contributed by atoms with van der Waals surface area (Å²) in [4.78, 5) is 14.1. The van der Waals surface area contributed by atoms with E-state index in [0.717, 1.165) is 25.2 Å². The number of carbonyl (C=O) groups excluding carboxylic acids is 1. The summed E-state index contributed by atoms with van der Waals surface area (Å²) in [6, 6.07) is 7.13. The van der Waals surface area contributed by atoms with Gasteiger partial charge >= 0.3 is 0 Å². The van der Waals surface area contributed by atoms with Crippen LogP contribution in [0.25, 0.3) is 0 Å². The molecule has 1 aromatic carbocycles. The van der Waals surface area contributed by atoms with Gasteiger partial charge in [-0.15, -0.1) is 0 Å². The Morgan fingerprint density at radius 3 is 2.67 bits per heavy atom. The summed E-state index contributed by atoms with van der Waals surface area (Å²) in [5.74, 6) is -0.00580. The first kappa shape index (κ1) is 16.3. The van der Waals surface area contributed by atoms with Crippen molar-refractivity contribution in [3.63, 3.8) is 0 Å². The fourth-order valence-corrected chi connectivity index (χ4v) is 2.60. The van der Waals surface area contributed by atoms with Crippen LogP contribution in [0.2, 0.25) is 5.02 Å². The van der Waals surface area contributed by atoms with E-state index in [2.05, 4.69) is 31.0 Å². The highest BCUT2D eigenvalue weighted by atomic mass is 35.5. The van der Waals surface area contributed by atoms with Gasteiger partial charge < -0.3 is 10.1 Å². The minimum Gasteiger partial charge on any atom is -0.371 e. The minimum atomic E-state index is -0.133. The van der Waals surface area contributed by atoms with Crippen molar-refractivity contribution < 1.29 is 9.53 Å². The summed E-state index contributed by atoms with van der Waals surface area (Å²) in [6.07, 6.45) is 1.19. The molecule has 5 heteroatoms. The van der Waals surface area contributed by atoms with Crippen LogP contribution in [0.1, 0.15) is 27.2 Å². The van der Waals surface area contributed by atoms with Crippen molar-refractivity contribution in [2.24, 2.45) is 0 Å². The molecule has 1 amide bonds. The van der Waals surface area contributed by atoms with E-state index < -0.39 is 0 Å². The number of benzene rings is 1. The number of ether oxygens (including phenoxy) is 1. The fourth-order valence-electron chi connectivity index (χ4n) is 2.47. The van der Waals surface area contributed by atoms with E-state index >= 15 is 0 Å². The molecule has 1 atom stereocenters. The van der Waals surface area contributed by atoms with E-state index in [1.54, 1.807) is 24.3 Å². The molecule has 1 fully saturated rings. The maximum atomic E-state index is 12.0. The highest BCUT2D eigenvalue weighted by molar-refractivity contribution is 6.30. The normalized spacial score (nSPS) is 19.7. The van der Waals surface area contributed by atoms with Crippen molar-refractivity contribution in [1.82, 2.24) is 4.90 Å². The zero-order chi connectivity index (χ0) is 15.5. The van der Waals surface area contributed by atoms with Gasteiger partial charge in [0.25, 0.3) is 0 Å². The molecule has 0 aromatic heterocycles. The Labute approximate surface area is 131 Å². The number of nitrogens with one attached hydrogen (secondary N) is 1. The average molecular weight is 311 g/mol. The van der Waals surface area contributed by atoms with Crippen LogP contribution >= 0.6 is 11.6 Å². The van der Waals surface area contributed by atoms with Crippen LogP contribution in [0, 0.1) is 0 Å². The van der Waals surface area contributed by atoms with Gasteiger partial charge in [-0.2, -0.15) is 0 Å². The molecule has 1 heterocycles. The number of hydrogen-bond acceptors (Lipinski definition) is 3. The standard InChI is InChI=1S/C16H23ClN2O2/c1-16(2,3)21-14-8-9-19(10-14)11-15(20)18-13-6-4-12(17)5-7-13/h4-7,14H,8-11H2,1-3H3,(H,18,20)/t14-/m0/s1. The van der Waals surface area contributed by atoms with Gasteiger partial charge in [0.1, 0.15) is 0 Å². The fraction of sp³-hybridized carbons (Fsp3) is 0.562. The Balaban J connectivity index is 1.77. The Morgan fingerprint density at radius 1 is 1.38 bits per heavy atom. The lowest BCUT2D eigenvalue weighted by molar-refractivity contribution is -0.117. The van der Waals surface area contributed by atoms with Gasteiger partial charge in [-0.3, -0.25) is 9.69 Å². The molecule has 1 aromatic rings. The maximum Gasteiger partial charge on any atom is 0.238 e. The van der Waals surface area contributed by atoms with Gasteiger partial charge in [-0.1, -0.05) is 11.6 Å². The van der Waals surface area contributed by atoms with Crippen LogP contribution in [0.3, 0.4) is 0 Å². The second kappa shape index (κ2) is 6.77.